The van der Waals surface area contributed by atoms with Gasteiger partial charge in [0.1, 0.15) is 5.75 Å². The molecule has 0 fully saturated rings. The van der Waals surface area contributed by atoms with Crippen molar-refractivity contribution >= 4 is 12.6 Å². The van der Waals surface area contributed by atoms with Gasteiger partial charge in [-0.05, 0) is 35.6 Å². The molecule has 1 nitrogen and oxygen atoms in total. The molecule has 1 N–H and O–H groups in total. The number of benzene rings is 2. The van der Waals surface area contributed by atoms with Crippen LogP contribution in [0.15, 0.2) is 41.3 Å². The summed E-state index contributed by atoms with van der Waals surface area (Å²) in [5.74, 6) is 0.382. The Morgan fingerprint density at radius 1 is 1.06 bits per heavy atom. The minimum absolute atomic E-state index is 0.382. The molecule has 0 aliphatic heterocycles. The summed E-state index contributed by atoms with van der Waals surface area (Å²) in [5, 5.41) is 10.5. The van der Waals surface area contributed by atoms with E-state index in [1.165, 1.54) is 5.56 Å². The Hall–Kier alpha value is -1.41. The van der Waals surface area contributed by atoms with Crippen molar-refractivity contribution in [1.82, 2.24) is 0 Å². The van der Waals surface area contributed by atoms with E-state index in [9.17, 15) is 5.11 Å². The van der Waals surface area contributed by atoms with E-state index in [4.69, 9.17) is 0 Å². The lowest BCUT2D eigenvalue weighted by Crippen LogP contribution is -1.95. The molecule has 94 valence electrons. The predicted octanol–water partition coefficient (Wildman–Crippen LogP) is 4.47. The quantitative estimate of drug-likeness (QED) is 0.778. The summed E-state index contributed by atoms with van der Waals surface area (Å²) < 4.78 is 0. The summed E-state index contributed by atoms with van der Waals surface area (Å²) in [6.45, 7) is 4.17. The van der Waals surface area contributed by atoms with Gasteiger partial charge in [0.05, 0.1) is 0 Å². The first-order chi connectivity index (χ1) is 8.69. The Morgan fingerprint density at radius 3 is 2.28 bits per heavy atom. The van der Waals surface area contributed by atoms with Gasteiger partial charge in [-0.1, -0.05) is 44.2 Å². The fourth-order valence-electron chi connectivity index (χ4n) is 2.35. The number of phenolic OH excluding ortho intramolecular Hbond substituents is 1. The van der Waals surface area contributed by atoms with Crippen LogP contribution in [0, 0.1) is 0 Å². The maximum atomic E-state index is 10.5. The average molecular weight is 258 g/mol. The van der Waals surface area contributed by atoms with E-state index in [-0.39, 0.29) is 0 Å². The van der Waals surface area contributed by atoms with Gasteiger partial charge in [0.2, 0.25) is 0 Å². The largest absolute Gasteiger partial charge is 0.507 e. The molecule has 0 spiro atoms. The van der Waals surface area contributed by atoms with Crippen LogP contribution in [-0.2, 0) is 12.8 Å². The molecule has 0 saturated carbocycles. The Labute approximate surface area is 114 Å². The molecular formula is C16H18OS. The van der Waals surface area contributed by atoms with Crippen LogP contribution in [-0.4, -0.2) is 5.11 Å². The monoisotopic (exact) mass is 258 g/mol. The van der Waals surface area contributed by atoms with Gasteiger partial charge in [-0.25, -0.2) is 0 Å². The topological polar surface area (TPSA) is 20.2 Å². The maximum absolute atomic E-state index is 10.5. The van der Waals surface area contributed by atoms with Crippen LogP contribution < -0.4 is 0 Å². The van der Waals surface area contributed by atoms with Crippen molar-refractivity contribution in [3.63, 3.8) is 0 Å². The minimum Gasteiger partial charge on any atom is -0.507 e. The van der Waals surface area contributed by atoms with Crippen LogP contribution in [0.5, 0.6) is 5.75 Å². The molecule has 0 atom stereocenters. The SMILES string of the molecule is CCc1cc(S)c(-c2ccccc2)c(O)c1CC. The van der Waals surface area contributed by atoms with E-state index >= 15 is 0 Å². The van der Waals surface area contributed by atoms with Gasteiger partial charge in [0.25, 0.3) is 0 Å². The number of aromatic hydroxyl groups is 1. The number of phenols is 1. The molecule has 0 aliphatic rings. The summed E-state index contributed by atoms with van der Waals surface area (Å²) in [4.78, 5) is 0.841. The van der Waals surface area contributed by atoms with Gasteiger partial charge in [0.15, 0.2) is 0 Å². The van der Waals surface area contributed by atoms with Crippen molar-refractivity contribution in [1.29, 1.82) is 0 Å². The molecule has 0 amide bonds. The highest BCUT2D eigenvalue weighted by molar-refractivity contribution is 7.80. The second-order valence-corrected chi connectivity index (χ2v) is 4.81. The fourth-order valence-corrected chi connectivity index (χ4v) is 2.74. The summed E-state index contributed by atoms with van der Waals surface area (Å²) in [6, 6.07) is 12.0. The van der Waals surface area contributed by atoms with E-state index in [2.05, 4.69) is 32.5 Å². The predicted molar refractivity (Wildman–Crippen MR) is 79.6 cm³/mol. The van der Waals surface area contributed by atoms with Crippen LogP contribution >= 0.6 is 12.6 Å². The molecule has 2 rings (SSSR count). The van der Waals surface area contributed by atoms with Crippen LogP contribution in [0.25, 0.3) is 11.1 Å². The first kappa shape index (κ1) is 13.0. The normalized spacial score (nSPS) is 10.6. The molecule has 0 aromatic heterocycles. The molecule has 2 heteroatoms. The number of hydrogen-bond acceptors (Lipinski definition) is 2. The zero-order valence-electron chi connectivity index (χ0n) is 10.8. The van der Waals surface area contributed by atoms with Crippen LogP contribution in [0.1, 0.15) is 25.0 Å². The molecule has 2 aromatic rings. The van der Waals surface area contributed by atoms with E-state index in [1.54, 1.807) is 0 Å². The van der Waals surface area contributed by atoms with Crippen molar-refractivity contribution in [2.75, 3.05) is 0 Å². The highest BCUT2D eigenvalue weighted by Crippen LogP contribution is 2.39. The average Bonchev–Trinajstić information content (AvgIpc) is 2.39. The van der Waals surface area contributed by atoms with E-state index < -0.39 is 0 Å². The van der Waals surface area contributed by atoms with E-state index in [1.807, 2.05) is 30.3 Å². The third-order valence-electron chi connectivity index (χ3n) is 3.27. The lowest BCUT2D eigenvalue weighted by atomic mass is 9.95. The second kappa shape index (κ2) is 5.49. The maximum Gasteiger partial charge on any atom is 0.127 e. The van der Waals surface area contributed by atoms with Crippen molar-refractivity contribution in [2.24, 2.45) is 0 Å². The molecule has 0 saturated heterocycles. The van der Waals surface area contributed by atoms with Gasteiger partial charge in [-0.15, -0.1) is 12.6 Å². The summed E-state index contributed by atoms with van der Waals surface area (Å²) in [7, 11) is 0. The van der Waals surface area contributed by atoms with Crippen LogP contribution in [0.4, 0.5) is 0 Å². The Kier molecular flexibility index (Phi) is 3.97. The summed E-state index contributed by atoms with van der Waals surface area (Å²) >= 11 is 4.53. The zero-order valence-corrected chi connectivity index (χ0v) is 11.7. The Morgan fingerprint density at radius 2 is 1.72 bits per heavy atom. The van der Waals surface area contributed by atoms with Gasteiger partial charge in [0, 0.05) is 10.5 Å². The number of rotatable bonds is 3. The highest BCUT2D eigenvalue weighted by Gasteiger charge is 2.15. The van der Waals surface area contributed by atoms with Gasteiger partial charge >= 0.3 is 0 Å². The fraction of sp³-hybridized carbons (Fsp3) is 0.250. The molecular weight excluding hydrogens is 240 g/mol. The summed E-state index contributed by atoms with van der Waals surface area (Å²) in [6.07, 6.45) is 1.75. The van der Waals surface area contributed by atoms with Crippen molar-refractivity contribution < 1.29 is 5.11 Å². The van der Waals surface area contributed by atoms with Crippen molar-refractivity contribution in [3.8, 4) is 16.9 Å². The third-order valence-corrected chi connectivity index (χ3v) is 3.63. The number of hydrogen-bond donors (Lipinski definition) is 2. The van der Waals surface area contributed by atoms with Crippen LogP contribution in [0.3, 0.4) is 0 Å². The lowest BCUT2D eigenvalue weighted by molar-refractivity contribution is 0.468. The number of thiol groups is 1. The molecule has 2 aromatic carbocycles. The molecule has 0 unspecified atom stereocenters. The van der Waals surface area contributed by atoms with Crippen molar-refractivity contribution in [2.45, 2.75) is 31.6 Å². The molecule has 0 radical (unpaired) electrons. The second-order valence-electron chi connectivity index (χ2n) is 4.33. The third kappa shape index (κ3) is 2.25. The smallest absolute Gasteiger partial charge is 0.127 e. The molecule has 0 aliphatic carbocycles. The van der Waals surface area contributed by atoms with Gasteiger partial charge in [-0.2, -0.15) is 0 Å². The first-order valence-electron chi connectivity index (χ1n) is 6.31. The number of aryl methyl sites for hydroxylation is 1. The van der Waals surface area contributed by atoms with Gasteiger partial charge < -0.3 is 5.11 Å². The van der Waals surface area contributed by atoms with Crippen molar-refractivity contribution in [3.05, 3.63) is 47.5 Å². The summed E-state index contributed by atoms with van der Waals surface area (Å²) in [5.41, 5.74) is 4.07. The molecule has 0 heterocycles. The minimum atomic E-state index is 0.382. The van der Waals surface area contributed by atoms with E-state index in [0.717, 1.165) is 34.4 Å². The molecule has 0 bridgehead atoms. The highest BCUT2D eigenvalue weighted by atomic mass is 32.1. The first-order valence-corrected chi connectivity index (χ1v) is 6.75. The van der Waals surface area contributed by atoms with Crippen LogP contribution in [0.2, 0.25) is 0 Å². The van der Waals surface area contributed by atoms with Gasteiger partial charge in [-0.3, -0.25) is 0 Å². The Balaban J connectivity index is 2.69. The Bertz CT molecular complexity index is 547. The zero-order chi connectivity index (χ0) is 13.1. The van der Waals surface area contributed by atoms with E-state index in [0.29, 0.717) is 5.75 Å². The molecule has 18 heavy (non-hydrogen) atoms. The standard InChI is InChI=1S/C16H18OS/c1-3-11-10-14(18)15(16(17)13(11)4-2)12-8-6-5-7-9-12/h5-10,17-18H,3-4H2,1-2H3. The lowest BCUT2D eigenvalue weighted by Gasteiger charge is -2.15.